The Balaban J connectivity index is 2.43. The number of benzene rings is 1. The standard InChI is InChI=1S/C16H23BClNO3/c1-11(20)19-16(6,12-7-9-13(18)10-8-12)17-21-14(2,3)15(4,5)22-17/h7-10H,1-6H3,(H,19,20). The van der Waals surface area contributed by atoms with Gasteiger partial charge in [-0.15, -0.1) is 0 Å². The van der Waals surface area contributed by atoms with Crippen LogP contribution in [0.15, 0.2) is 24.3 Å². The largest absolute Gasteiger partial charge is 0.489 e. The molecule has 1 heterocycles. The minimum atomic E-state index is -0.804. The van der Waals surface area contributed by atoms with Crippen LogP contribution in [0.25, 0.3) is 0 Å². The van der Waals surface area contributed by atoms with Gasteiger partial charge < -0.3 is 14.6 Å². The molecule has 1 saturated heterocycles. The van der Waals surface area contributed by atoms with E-state index < -0.39 is 23.8 Å². The van der Waals surface area contributed by atoms with Gasteiger partial charge >= 0.3 is 7.12 Å². The van der Waals surface area contributed by atoms with Gasteiger partial charge in [0.05, 0.1) is 16.6 Å². The van der Waals surface area contributed by atoms with Crippen molar-refractivity contribution in [3.05, 3.63) is 34.9 Å². The third-order valence-corrected chi connectivity index (χ3v) is 4.86. The highest BCUT2D eigenvalue weighted by Crippen LogP contribution is 2.42. The SMILES string of the molecule is CC(=O)NC(C)(B1OC(C)(C)C(C)(C)O1)c1ccc(Cl)cc1. The molecule has 0 saturated carbocycles. The predicted molar refractivity (Wildman–Crippen MR) is 88.7 cm³/mol. The van der Waals surface area contributed by atoms with Crippen molar-refractivity contribution < 1.29 is 14.1 Å². The van der Waals surface area contributed by atoms with Gasteiger partial charge in [-0.3, -0.25) is 4.79 Å². The number of hydrogen-bond donors (Lipinski definition) is 1. The van der Waals surface area contributed by atoms with Crippen LogP contribution in [0.4, 0.5) is 0 Å². The zero-order chi connectivity index (χ0) is 16.8. The Morgan fingerprint density at radius 2 is 1.59 bits per heavy atom. The lowest BCUT2D eigenvalue weighted by molar-refractivity contribution is -0.120. The quantitative estimate of drug-likeness (QED) is 0.868. The van der Waals surface area contributed by atoms with Crippen LogP contribution in [0.1, 0.15) is 47.1 Å². The van der Waals surface area contributed by atoms with E-state index in [1.165, 1.54) is 6.92 Å². The average Bonchev–Trinajstić information content (AvgIpc) is 2.58. The zero-order valence-corrected chi connectivity index (χ0v) is 14.7. The van der Waals surface area contributed by atoms with Crippen molar-refractivity contribution in [1.29, 1.82) is 0 Å². The van der Waals surface area contributed by atoms with Crippen molar-refractivity contribution >= 4 is 24.6 Å². The summed E-state index contributed by atoms with van der Waals surface area (Å²) in [7, 11) is -0.595. The van der Waals surface area contributed by atoms with Gasteiger partial charge in [0.25, 0.3) is 0 Å². The normalized spacial score (nSPS) is 22.2. The van der Waals surface area contributed by atoms with Crippen LogP contribution < -0.4 is 5.32 Å². The molecule has 1 atom stereocenters. The van der Waals surface area contributed by atoms with Gasteiger partial charge in [0.15, 0.2) is 0 Å². The molecular weight excluding hydrogens is 300 g/mol. The van der Waals surface area contributed by atoms with E-state index in [0.29, 0.717) is 5.02 Å². The molecule has 4 nitrogen and oxygen atoms in total. The molecule has 6 heteroatoms. The van der Waals surface area contributed by atoms with Crippen molar-refractivity contribution in [2.75, 3.05) is 0 Å². The first kappa shape index (κ1) is 17.3. The molecule has 1 N–H and O–H groups in total. The number of amides is 1. The molecule has 0 aliphatic carbocycles. The van der Waals surface area contributed by atoms with Crippen LogP contribution in [0.5, 0.6) is 0 Å². The van der Waals surface area contributed by atoms with Gasteiger partial charge in [0.1, 0.15) is 0 Å². The zero-order valence-electron chi connectivity index (χ0n) is 14.0. The lowest BCUT2D eigenvalue weighted by Gasteiger charge is -2.33. The summed E-state index contributed by atoms with van der Waals surface area (Å²) in [6, 6.07) is 7.34. The summed E-state index contributed by atoms with van der Waals surface area (Å²) >= 11 is 5.97. The van der Waals surface area contributed by atoms with Crippen molar-refractivity contribution in [2.24, 2.45) is 0 Å². The molecule has 1 aliphatic rings. The van der Waals surface area contributed by atoms with Gasteiger partial charge in [-0.25, -0.2) is 0 Å². The highest BCUT2D eigenvalue weighted by Gasteiger charge is 2.59. The molecule has 0 spiro atoms. The van der Waals surface area contributed by atoms with E-state index in [-0.39, 0.29) is 5.91 Å². The van der Waals surface area contributed by atoms with Crippen LogP contribution in [0.2, 0.25) is 5.02 Å². The molecule has 1 fully saturated rings. The van der Waals surface area contributed by atoms with Crippen molar-refractivity contribution in [1.82, 2.24) is 5.32 Å². The first-order chi connectivity index (χ1) is 9.98. The van der Waals surface area contributed by atoms with Crippen molar-refractivity contribution in [3.63, 3.8) is 0 Å². The maximum absolute atomic E-state index is 11.7. The van der Waals surface area contributed by atoms with E-state index in [9.17, 15) is 4.79 Å². The van der Waals surface area contributed by atoms with Gasteiger partial charge in [-0.05, 0) is 52.3 Å². The monoisotopic (exact) mass is 323 g/mol. The highest BCUT2D eigenvalue weighted by molar-refractivity contribution is 6.50. The molecular formula is C16H23BClNO3. The summed E-state index contributed by atoms with van der Waals surface area (Å²) in [6.07, 6.45) is 0. The summed E-state index contributed by atoms with van der Waals surface area (Å²) in [4.78, 5) is 11.7. The summed E-state index contributed by atoms with van der Waals surface area (Å²) in [5.41, 5.74) is -0.861. The maximum Gasteiger partial charge on any atom is 0.489 e. The average molecular weight is 324 g/mol. The second-order valence-corrected chi connectivity index (χ2v) is 7.42. The maximum atomic E-state index is 11.7. The van der Waals surface area contributed by atoms with Crippen LogP contribution in [-0.2, 0) is 19.5 Å². The fraction of sp³-hybridized carbons (Fsp3) is 0.562. The summed E-state index contributed by atoms with van der Waals surface area (Å²) in [6.45, 7) is 11.3. The van der Waals surface area contributed by atoms with Crippen LogP contribution in [0.3, 0.4) is 0 Å². The first-order valence-electron chi connectivity index (χ1n) is 7.38. The molecule has 1 unspecified atom stereocenters. The molecule has 1 aromatic carbocycles. The second-order valence-electron chi connectivity index (χ2n) is 6.98. The Hall–Kier alpha value is -1.04. The van der Waals surface area contributed by atoms with Crippen molar-refractivity contribution in [3.8, 4) is 0 Å². The first-order valence-corrected chi connectivity index (χ1v) is 7.76. The molecule has 2 rings (SSSR count). The Labute approximate surface area is 137 Å². The number of halogens is 1. The van der Waals surface area contributed by atoms with E-state index in [1.807, 2.05) is 46.8 Å². The summed E-state index contributed by atoms with van der Waals surface area (Å²) in [5.74, 6) is -0.146. The fourth-order valence-electron chi connectivity index (χ4n) is 2.51. The fourth-order valence-corrected chi connectivity index (χ4v) is 2.63. The Kier molecular flexibility index (Phi) is 4.37. The highest BCUT2D eigenvalue weighted by atomic mass is 35.5. The number of carbonyl (C=O) groups excluding carboxylic acids is 1. The predicted octanol–water partition coefficient (Wildman–Crippen LogP) is 3.32. The number of rotatable bonds is 3. The molecule has 22 heavy (non-hydrogen) atoms. The molecule has 1 amide bonds. The molecule has 120 valence electrons. The van der Waals surface area contributed by atoms with Crippen molar-refractivity contribution in [2.45, 2.75) is 58.2 Å². The van der Waals surface area contributed by atoms with E-state index in [2.05, 4.69) is 5.32 Å². The van der Waals surface area contributed by atoms with Crippen LogP contribution in [-0.4, -0.2) is 24.2 Å². The molecule has 0 aromatic heterocycles. The van der Waals surface area contributed by atoms with E-state index in [0.717, 1.165) is 5.56 Å². The van der Waals surface area contributed by atoms with E-state index in [1.54, 1.807) is 12.1 Å². The Bertz CT molecular complexity index is 557. The third kappa shape index (κ3) is 3.03. The number of hydrogen-bond acceptors (Lipinski definition) is 3. The third-order valence-electron chi connectivity index (χ3n) is 4.60. The lowest BCUT2D eigenvalue weighted by atomic mass is 9.61. The van der Waals surface area contributed by atoms with Crippen LogP contribution >= 0.6 is 11.6 Å². The number of carbonyl (C=O) groups is 1. The van der Waals surface area contributed by atoms with Gasteiger partial charge in [0, 0.05) is 11.9 Å². The van der Waals surface area contributed by atoms with Gasteiger partial charge in [-0.1, -0.05) is 23.7 Å². The lowest BCUT2D eigenvalue weighted by Crippen LogP contribution is -2.55. The van der Waals surface area contributed by atoms with E-state index in [4.69, 9.17) is 20.9 Å². The topological polar surface area (TPSA) is 47.6 Å². The molecule has 1 aliphatic heterocycles. The minimum absolute atomic E-state index is 0.146. The molecule has 0 bridgehead atoms. The van der Waals surface area contributed by atoms with Crippen LogP contribution in [0, 0.1) is 0 Å². The second kappa shape index (κ2) is 5.55. The Morgan fingerprint density at radius 1 is 1.14 bits per heavy atom. The molecule has 0 radical (unpaired) electrons. The number of nitrogens with one attached hydrogen (secondary N) is 1. The van der Waals surface area contributed by atoms with Gasteiger partial charge in [-0.2, -0.15) is 0 Å². The molecule has 1 aromatic rings. The summed E-state index contributed by atoms with van der Waals surface area (Å²) in [5, 5.41) is 3.62. The minimum Gasteiger partial charge on any atom is -0.401 e. The van der Waals surface area contributed by atoms with E-state index >= 15 is 0 Å². The van der Waals surface area contributed by atoms with Gasteiger partial charge in [0.2, 0.25) is 5.91 Å². The Morgan fingerprint density at radius 3 is 2.00 bits per heavy atom. The smallest absolute Gasteiger partial charge is 0.401 e. The summed E-state index contributed by atoms with van der Waals surface area (Å²) < 4.78 is 12.3.